The first-order valence-corrected chi connectivity index (χ1v) is 26.4. The fourth-order valence-electron chi connectivity index (χ4n) is 8.25. The standard InChI is InChI=1S/C54H77N9O9S/c1-37-32-57-53(61-49(37)55-23-24-62(6)51(66)41-13-10-14-41)59-42-19-21-44(22-20-42)72-30-12-28-70-26-9-8-25-69-27-11-29-71-35-46(65)60-48(54(3,4)5)52(67)63-34-43(64)31-45(63)50(68-7)56-33-39-15-17-40(18-16-39)47-38(2)58-36-73-47/h15-22,32,36,41,43,48,56,64H,8-14,23-31,33-35H2,1-7H3,(H,60,65)(H2,55,57,59,61)/b50-45+/t43-,48-/m0/s1. The van der Waals surface area contributed by atoms with Gasteiger partial charge in [-0.15, -0.1) is 11.3 Å². The van der Waals surface area contributed by atoms with Gasteiger partial charge in [-0.1, -0.05) is 51.5 Å². The van der Waals surface area contributed by atoms with E-state index in [1.807, 2.05) is 83.6 Å². The smallest absolute Gasteiger partial charge is 0.250 e. The highest BCUT2D eigenvalue weighted by Crippen LogP contribution is 2.31. The number of nitrogens with one attached hydrogen (secondary N) is 4. The molecule has 1 saturated heterocycles. The number of aliphatic hydroxyl groups excluding tert-OH is 1. The largest absolute Gasteiger partial charge is 0.494 e. The first-order chi connectivity index (χ1) is 35.2. The zero-order valence-electron chi connectivity index (χ0n) is 43.8. The van der Waals surface area contributed by atoms with E-state index in [0.717, 1.165) is 83.0 Å². The summed E-state index contributed by atoms with van der Waals surface area (Å²) in [5, 5.41) is 23.5. The molecule has 0 bridgehead atoms. The molecule has 2 aliphatic rings. The van der Waals surface area contributed by atoms with Crippen LogP contribution in [0, 0.1) is 25.2 Å². The summed E-state index contributed by atoms with van der Waals surface area (Å²) >= 11 is 1.61. The second kappa shape index (κ2) is 28.6. The van der Waals surface area contributed by atoms with Crippen LogP contribution in [0.5, 0.6) is 5.75 Å². The molecule has 2 fully saturated rings. The number of hydrogen-bond acceptors (Lipinski definition) is 16. The molecular formula is C54H77N9O9S. The molecule has 2 aromatic heterocycles. The summed E-state index contributed by atoms with van der Waals surface area (Å²) in [5.41, 5.74) is 6.63. The summed E-state index contributed by atoms with van der Waals surface area (Å²) in [4.78, 5) is 57.5. The molecule has 3 amide bonds. The Balaban J connectivity index is 0.784. The number of likely N-dealkylation sites (N-methyl/N-ethyl adjacent to an activating group) is 1. The van der Waals surface area contributed by atoms with Gasteiger partial charge in [0.15, 0.2) is 0 Å². The molecule has 0 spiro atoms. The SMILES string of the molecule is CO/C(NCc1ccc(-c2scnc2C)cc1)=C1\C[C@H](O)CN1C(=O)[C@H](NC(=O)COCCCOCCCCOCCCOc1ccc(Nc2ncc(C)c(NCCN(C)C(=O)C3CCC3)n2)cc1)C(C)(C)C. The fourth-order valence-corrected chi connectivity index (χ4v) is 9.06. The van der Waals surface area contributed by atoms with Crippen molar-refractivity contribution in [3.05, 3.63) is 88.6 Å². The van der Waals surface area contributed by atoms with Crippen molar-refractivity contribution in [2.75, 3.05) is 90.7 Å². The van der Waals surface area contributed by atoms with Gasteiger partial charge in [-0.3, -0.25) is 14.4 Å². The number of methoxy groups -OCH3 is 1. The number of aliphatic hydroxyl groups is 1. The Morgan fingerprint density at radius 1 is 0.904 bits per heavy atom. The van der Waals surface area contributed by atoms with Gasteiger partial charge in [0.1, 0.15) is 24.2 Å². The van der Waals surface area contributed by atoms with Gasteiger partial charge in [-0.2, -0.15) is 4.98 Å². The van der Waals surface area contributed by atoms with Gasteiger partial charge in [-0.05, 0) is 86.8 Å². The topological polar surface area (TPSA) is 211 Å². The van der Waals surface area contributed by atoms with Crippen LogP contribution in [-0.4, -0.2) is 140 Å². The molecular weight excluding hydrogens is 951 g/mol. The van der Waals surface area contributed by atoms with E-state index in [4.69, 9.17) is 23.7 Å². The summed E-state index contributed by atoms with van der Waals surface area (Å²) < 4.78 is 28.8. The molecule has 2 atom stereocenters. The van der Waals surface area contributed by atoms with E-state index in [-0.39, 0.29) is 37.3 Å². The quantitative estimate of drug-likeness (QED) is 0.0255. The van der Waals surface area contributed by atoms with Crippen molar-refractivity contribution >= 4 is 46.5 Å². The van der Waals surface area contributed by atoms with Crippen LogP contribution >= 0.6 is 11.3 Å². The number of likely N-dealkylation sites (tertiary alicyclic amines) is 1. The average molecular weight is 1030 g/mol. The molecule has 3 heterocycles. The number of amides is 3. The Labute approximate surface area is 435 Å². The Kier molecular flexibility index (Phi) is 22.1. The predicted molar refractivity (Wildman–Crippen MR) is 283 cm³/mol. The van der Waals surface area contributed by atoms with Crippen LogP contribution in [0.4, 0.5) is 17.5 Å². The van der Waals surface area contributed by atoms with E-state index < -0.39 is 23.5 Å². The molecule has 0 radical (unpaired) electrons. The number of rotatable bonds is 30. The number of hydrogen-bond donors (Lipinski definition) is 5. The number of carbonyl (C=O) groups excluding carboxylic acids is 3. The lowest BCUT2D eigenvalue weighted by molar-refractivity contribution is -0.139. The number of anilines is 3. The Morgan fingerprint density at radius 2 is 1.59 bits per heavy atom. The third-order valence-electron chi connectivity index (χ3n) is 12.7. The normalized spacial score (nSPS) is 15.8. The average Bonchev–Trinajstić information content (AvgIpc) is 3.97. The molecule has 1 aliphatic heterocycles. The van der Waals surface area contributed by atoms with Crippen molar-refractivity contribution in [2.24, 2.45) is 11.3 Å². The van der Waals surface area contributed by atoms with Crippen LogP contribution in [0.1, 0.15) is 89.0 Å². The van der Waals surface area contributed by atoms with Gasteiger partial charge in [0.05, 0.1) is 48.1 Å². The van der Waals surface area contributed by atoms with Gasteiger partial charge in [0.2, 0.25) is 29.6 Å². The summed E-state index contributed by atoms with van der Waals surface area (Å²) in [6.45, 7) is 14.4. The minimum atomic E-state index is -0.877. The van der Waals surface area contributed by atoms with Crippen LogP contribution in [0.15, 0.2) is 71.8 Å². The van der Waals surface area contributed by atoms with E-state index in [2.05, 4.69) is 48.4 Å². The van der Waals surface area contributed by atoms with Crippen LogP contribution < -0.4 is 26.0 Å². The number of nitrogens with zero attached hydrogens (tertiary/aromatic N) is 5. The van der Waals surface area contributed by atoms with Gasteiger partial charge >= 0.3 is 0 Å². The fraction of sp³-hybridized carbons (Fsp3) is 0.556. The lowest BCUT2D eigenvalue weighted by atomic mass is 9.84. The Hall–Kier alpha value is -5.86. The highest BCUT2D eigenvalue weighted by molar-refractivity contribution is 7.13. The number of carbonyl (C=O) groups is 3. The second-order valence-electron chi connectivity index (χ2n) is 19.7. The maximum Gasteiger partial charge on any atom is 0.250 e. The molecule has 73 heavy (non-hydrogen) atoms. The maximum absolute atomic E-state index is 14.1. The molecule has 398 valence electrons. The molecule has 19 heteroatoms. The van der Waals surface area contributed by atoms with Crippen molar-refractivity contribution < 1.29 is 43.2 Å². The first kappa shape index (κ1) is 56.4. The summed E-state index contributed by atoms with van der Waals surface area (Å²) in [5.74, 6) is 2.06. The molecule has 1 aliphatic carbocycles. The first-order valence-electron chi connectivity index (χ1n) is 25.5. The predicted octanol–water partition coefficient (Wildman–Crippen LogP) is 7.35. The van der Waals surface area contributed by atoms with Crippen molar-refractivity contribution in [1.82, 2.24) is 35.4 Å². The third-order valence-corrected chi connectivity index (χ3v) is 13.7. The molecule has 5 N–H and O–H groups in total. The molecule has 2 aromatic carbocycles. The molecule has 6 rings (SSSR count). The Morgan fingerprint density at radius 3 is 2.23 bits per heavy atom. The minimum Gasteiger partial charge on any atom is -0.494 e. The van der Waals surface area contributed by atoms with Crippen molar-refractivity contribution in [3.8, 4) is 16.2 Å². The lowest BCUT2D eigenvalue weighted by Gasteiger charge is -2.34. The van der Waals surface area contributed by atoms with E-state index in [9.17, 15) is 19.5 Å². The van der Waals surface area contributed by atoms with E-state index in [1.165, 1.54) is 12.0 Å². The van der Waals surface area contributed by atoms with Crippen molar-refractivity contribution in [2.45, 2.75) is 105 Å². The zero-order chi connectivity index (χ0) is 52.2. The molecule has 0 unspecified atom stereocenters. The van der Waals surface area contributed by atoms with E-state index in [0.29, 0.717) is 83.2 Å². The molecule has 4 aromatic rings. The second-order valence-corrected chi connectivity index (χ2v) is 20.6. The van der Waals surface area contributed by atoms with Crippen LogP contribution in [0.3, 0.4) is 0 Å². The number of thiazole rings is 1. The Bertz CT molecular complexity index is 2390. The van der Waals surface area contributed by atoms with Gasteiger partial charge in [0.25, 0.3) is 0 Å². The number of β-amino-alcohol motifs (C(OH)–C–C–N with tert-alkyl or cyclic N) is 1. The number of benzene rings is 2. The van der Waals surface area contributed by atoms with E-state index in [1.54, 1.807) is 22.4 Å². The highest BCUT2D eigenvalue weighted by atomic mass is 32.1. The van der Waals surface area contributed by atoms with Gasteiger partial charge in [0, 0.05) is 95.9 Å². The molecule has 18 nitrogen and oxygen atoms in total. The minimum absolute atomic E-state index is 0.0864. The highest BCUT2D eigenvalue weighted by Gasteiger charge is 2.41. The zero-order valence-corrected chi connectivity index (χ0v) is 44.6. The van der Waals surface area contributed by atoms with Crippen molar-refractivity contribution in [1.29, 1.82) is 0 Å². The maximum atomic E-state index is 14.1. The summed E-state index contributed by atoms with van der Waals surface area (Å²) in [7, 11) is 3.39. The third kappa shape index (κ3) is 17.7. The van der Waals surface area contributed by atoms with E-state index >= 15 is 0 Å². The number of aryl methyl sites for hydroxylation is 2. The van der Waals surface area contributed by atoms with Crippen LogP contribution in [0.2, 0.25) is 0 Å². The van der Waals surface area contributed by atoms with Crippen LogP contribution in [0.25, 0.3) is 10.4 Å². The van der Waals surface area contributed by atoms with Crippen molar-refractivity contribution in [3.63, 3.8) is 0 Å². The summed E-state index contributed by atoms with van der Waals surface area (Å²) in [6, 6.07) is 15.0. The number of unbranched alkanes of at least 4 members (excludes halogenated alkanes) is 1. The van der Waals surface area contributed by atoms with Gasteiger partial charge in [-0.25, -0.2) is 9.97 Å². The van der Waals surface area contributed by atoms with Gasteiger partial charge < -0.3 is 59.9 Å². The molecule has 1 saturated carbocycles. The summed E-state index contributed by atoms with van der Waals surface area (Å²) in [6.07, 6.45) is 7.50. The monoisotopic (exact) mass is 1030 g/mol. The van der Waals surface area contributed by atoms with Crippen LogP contribution in [-0.2, 0) is 39.9 Å². The number of ether oxygens (including phenoxy) is 5. The lowest BCUT2D eigenvalue weighted by Crippen LogP contribution is -2.55. The number of aromatic nitrogens is 3.